The summed E-state index contributed by atoms with van der Waals surface area (Å²) in [5, 5.41) is 14.1. The van der Waals surface area contributed by atoms with Crippen molar-refractivity contribution in [2.45, 2.75) is 39.7 Å². The summed E-state index contributed by atoms with van der Waals surface area (Å²) < 4.78 is 0. The van der Waals surface area contributed by atoms with Gasteiger partial charge in [-0.3, -0.25) is 19.7 Å². The fourth-order valence-electron chi connectivity index (χ4n) is 3.27. The highest BCUT2D eigenvalue weighted by atomic mass is 16.6. The highest BCUT2D eigenvalue weighted by Crippen LogP contribution is 2.40. The van der Waals surface area contributed by atoms with E-state index in [0.29, 0.717) is 12.0 Å². The van der Waals surface area contributed by atoms with E-state index in [1.807, 2.05) is 13.8 Å². The Balaban J connectivity index is 2.50. The molecule has 1 aliphatic rings. The van der Waals surface area contributed by atoms with Crippen molar-refractivity contribution < 1.29 is 14.5 Å². The standard InChI is InChI=1S/C17H20N2O4/c1-10-15(11(2)20)9-16(12(3)21)17(4,18-10)13-5-7-14(8-6-13)19(22)23/h5-8,16,18H,9H2,1-4H3. The third-order valence-electron chi connectivity index (χ3n) is 4.60. The first-order chi connectivity index (χ1) is 10.7. The van der Waals surface area contributed by atoms with Crippen molar-refractivity contribution in [3.63, 3.8) is 0 Å². The number of hydrogen-bond acceptors (Lipinski definition) is 5. The van der Waals surface area contributed by atoms with Crippen LogP contribution >= 0.6 is 0 Å². The van der Waals surface area contributed by atoms with E-state index in [0.717, 1.165) is 11.3 Å². The van der Waals surface area contributed by atoms with E-state index < -0.39 is 16.4 Å². The molecule has 0 bridgehead atoms. The molecule has 0 saturated heterocycles. The van der Waals surface area contributed by atoms with Crippen LogP contribution in [0.5, 0.6) is 0 Å². The minimum absolute atomic E-state index is 0.00391. The lowest BCUT2D eigenvalue weighted by atomic mass is 9.71. The Hall–Kier alpha value is -2.50. The van der Waals surface area contributed by atoms with Gasteiger partial charge < -0.3 is 5.32 Å². The van der Waals surface area contributed by atoms with Crippen molar-refractivity contribution in [3.05, 3.63) is 51.2 Å². The monoisotopic (exact) mass is 316 g/mol. The van der Waals surface area contributed by atoms with E-state index in [2.05, 4.69) is 5.32 Å². The molecule has 6 heteroatoms. The maximum absolute atomic E-state index is 12.2. The number of nitro benzene ring substituents is 1. The molecule has 0 fully saturated rings. The van der Waals surface area contributed by atoms with Crippen molar-refractivity contribution in [1.29, 1.82) is 0 Å². The van der Waals surface area contributed by atoms with Crippen LogP contribution in [0.15, 0.2) is 35.5 Å². The molecular formula is C17H20N2O4. The van der Waals surface area contributed by atoms with Gasteiger partial charge in [-0.25, -0.2) is 0 Å². The largest absolute Gasteiger partial charge is 0.378 e. The average Bonchev–Trinajstić information content (AvgIpc) is 2.46. The summed E-state index contributed by atoms with van der Waals surface area (Å²) in [5.74, 6) is -0.483. The second-order valence-corrected chi connectivity index (χ2v) is 6.16. The van der Waals surface area contributed by atoms with Crippen LogP contribution in [0.1, 0.15) is 39.7 Å². The van der Waals surface area contributed by atoms with E-state index in [9.17, 15) is 19.7 Å². The lowest BCUT2D eigenvalue weighted by Gasteiger charge is -2.43. The molecule has 2 rings (SSSR count). The quantitative estimate of drug-likeness (QED) is 0.681. The van der Waals surface area contributed by atoms with Crippen LogP contribution in [0.3, 0.4) is 0 Å². The molecule has 1 N–H and O–H groups in total. The van der Waals surface area contributed by atoms with Gasteiger partial charge in [-0.2, -0.15) is 0 Å². The average molecular weight is 316 g/mol. The van der Waals surface area contributed by atoms with E-state index >= 15 is 0 Å². The minimum atomic E-state index is -0.704. The number of rotatable bonds is 4. The van der Waals surface area contributed by atoms with Gasteiger partial charge in [-0.05, 0) is 51.8 Å². The molecule has 6 nitrogen and oxygen atoms in total. The first-order valence-corrected chi connectivity index (χ1v) is 7.41. The number of carbonyl (C=O) groups is 2. The number of ketones is 2. The Labute approximate surface area is 134 Å². The number of nitrogens with zero attached hydrogens (tertiary/aromatic N) is 1. The molecule has 0 aromatic heterocycles. The van der Waals surface area contributed by atoms with Crippen molar-refractivity contribution >= 4 is 17.3 Å². The van der Waals surface area contributed by atoms with Crippen LogP contribution in [-0.2, 0) is 15.1 Å². The van der Waals surface area contributed by atoms with Gasteiger partial charge in [0.2, 0.25) is 0 Å². The zero-order valence-electron chi connectivity index (χ0n) is 13.7. The lowest BCUT2D eigenvalue weighted by Crippen LogP contribution is -2.51. The Bertz CT molecular complexity index is 706. The number of hydrogen-bond donors (Lipinski definition) is 1. The van der Waals surface area contributed by atoms with Crippen LogP contribution in [0.4, 0.5) is 5.69 Å². The van der Waals surface area contributed by atoms with Gasteiger partial charge in [0.05, 0.1) is 10.5 Å². The van der Waals surface area contributed by atoms with Crippen LogP contribution in [-0.4, -0.2) is 16.5 Å². The second-order valence-electron chi connectivity index (χ2n) is 6.16. The van der Waals surface area contributed by atoms with E-state index in [4.69, 9.17) is 0 Å². The molecule has 0 spiro atoms. The molecule has 1 aromatic carbocycles. The first kappa shape index (κ1) is 16.9. The molecule has 122 valence electrons. The summed E-state index contributed by atoms with van der Waals surface area (Å²) in [4.78, 5) is 34.3. The molecule has 2 atom stereocenters. The van der Waals surface area contributed by atoms with Crippen molar-refractivity contribution in [2.75, 3.05) is 0 Å². The number of non-ortho nitro benzene ring substituents is 1. The highest BCUT2D eigenvalue weighted by molar-refractivity contribution is 5.95. The summed E-state index contributed by atoms with van der Waals surface area (Å²) in [5.41, 5.74) is 1.46. The predicted octanol–water partition coefficient (Wildman–Crippen LogP) is 2.87. The van der Waals surface area contributed by atoms with E-state index in [1.165, 1.54) is 26.0 Å². The molecule has 0 saturated carbocycles. The molecule has 0 aliphatic carbocycles. The molecular weight excluding hydrogens is 296 g/mol. The lowest BCUT2D eigenvalue weighted by molar-refractivity contribution is -0.384. The minimum Gasteiger partial charge on any atom is -0.378 e. The normalized spacial score (nSPS) is 24.1. The Morgan fingerprint density at radius 1 is 1.26 bits per heavy atom. The van der Waals surface area contributed by atoms with Crippen molar-refractivity contribution in [3.8, 4) is 0 Å². The number of benzene rings is 1. The molecule has 1 aliphatic heterocycles. The highest BCUT2D eigenvalue weighted by Gasteiger charge is 2.43. The summed E-state index contributed by atoms with van der Waals surface area (Å²) in [7, 11) is 0. The Kier molecular flexibility index (Phi) is 4.36. The molecule has 23 heavy (non-hydrogen) atoms. The molecule has 0 amide bonds. The van der Waals surface area contributed by atoms with Crippen LogP contribution in [0.2, 0.25) is 0 Å². The molecule has 0 radical (unpaired) electrons. The number of nitro groups is 1. The number of Topliss-reactive ketones (excluding diaryl/α,β-unsaturated/α-hetero) is 2. The topological polar surface area (TPSA) is 89.3 Å². The van der Waals surface area contributed by atoms with Gasteiger partial charge in [-0.1, -0.05) is 0 Å². The summed E-state index contributed by atoms with van der Waals surface area (Å²) in [6.07, 6.45) is 0.372. The summed E-state index contributed by atoms with van der Waals surface area (Å²) in [6.45, 7) is 6.71. The SMILES string of the molecule is CC(=O)C1=C(C)NC(C)(c2ccc([N+](=O)[O-])cc2)C(C(C)=O)C1. The van der Waals surface area contributed by atoms with Crippen molar-refractivity contribution in [1.82, 2.24) is 5.32 Å². The van der Waals surface area contributed by atoms with Gasteiger partial charge in [0.1, 0.15) is 5.78 Å². The maximum Gasteiger partial charge on any atom is 0.269 e. The van der Waals surface area contributed by atoms with Crippen LogP contribution < -0.4 is 5.32 Å². The van der Waals surface area contributed by atoms with Crippen LogP contribution in [0.25, 0.3) is 0 Å². The molecule has 1 heterocycles. The smallest absolute Gasteiger partial charge is 0.269 e. The number of carbonyl (C=O) groups excluding carboxylic acids is 2. The second kappa shape index (κ2) is 5.95. The third kappa shape index (κ3) is 3.02. The van der Waals surface area contributed by atoms with Gasteiger partial charge >= 0.3 is 0 Å². The maximum atomic E-state index is 12.2. The zero-order chi connectivity index (χ0) is 17.4. The summed E-state index contributed by atoms with van der Waals surface area (Å²) in [6, 6.07) is 6.18. The summed E-state index contributed by atoms with van der Waals surface area (Å²) >= 11 is 0. The van der Waals surface area contributed by atoms with E-state index in [-0.39, 0.29) is 17.3 Å². The fourth-order valence-corrected chi connectivity index (χ4v) is 3.27. The van der Waals surface area contributed by atoms with Gasteiger partial charge in [0.25, 0.3) is 5.69 Å². The van der Waals surface area contributed by atoms with Gasteiger partial charge in [0.15, 0.2) is 5.78 Å². The fraction of sp³-hybridized carbons (Fsp3) is 0.412. The zero-order valence-corrected chi connectivity index (χ0v) is 13.7. The first-order valence-electron chi connectivity index (χ1n) is 7.41. The predicted molar refractivity (Wildman–Crippen MR) is 85.8 cm³/mol. The third-order valence-corrected chi connectivity index (χ3v) is 4.60. The van der Waals surface area contributed by atoms with E-state index in [1.54, 1.807) is 12.1 Å². The number of allylic oxidation sites excluding steroid dienone is 2. The van der Waals surface area contributed by atoms with Crippen molar-refractivity contribution in [2.24, 2.45) is 5.92 Å². The molecule has 2 unspecified atom stereocenters. The van der Waals surface area contributed by atoms with Gasteiger partial charge in [-0.15, -0.1) is 0 Å². The molecule has 1 aromatic rings. The number of nitrogens with one attached hydrogen (secondary N) is 1. The Morgan fingerprint density at radius 3 is 2.26 bits per heavy atom. The van der Waals surface area contributed by atoms with Crippen LogP contribution in [0, 0.1) is 16.0 Å². The Morgan fingerprint density at radius 2 is 1.83 bits per heavy atom. The van der Waals surface area contributed by atoms with Gasteiger partial charge in [0, 0.05) is 29.3 Å².